The molecule has 21 heavy (non-hydrogen) atoms. The molecule has 0 saturated heterocycles. The molecule has 0 radical (unpaired) electrons. The van der Waals surface area contributed by atoms with Crippen LogP contribution in [0.4, 0.5) is 0 Å². The van der Waals surface area contributed by atoms with Gasteiger partial charge >= 0.3 is 0 Å². The Hall–Kier alpha value is -1.86. The molecule has 0 saturated carbocycles. The van der Waals surface area contributed by atoms with Crippen LogP contribution in [0.3, 0.4) is 0 Å². The zero-order valence-corrected chi connectivity index (χ0v) is 13.3. The zero-order valence-electron chi connectivity index (χ0n) is 12.5. The highest BCUT2D eigenvalue weighted by Gasteiger charge is 2.22. The number of hydrogen-bond acceptors (Lipinski definition) is 4. The van der Waals surface area contributed by atoms with Gasteiger partial charge in [-0.3, -0.25) is 4.68 Å². The maximum atomic E-state index is 12.4. The highest BCUT2D eigenvalue weighted by Crippen LogP contribution is 2.21. The van der Waals surface area contributed by atoms with E-state index >= 15 is 0 Å². The molecule has 2 rings (SSSR count). The minimum absolute atomic E-state index is 0.194. The van der Waals surface area contributed by atoms with Crippen molar-refractivity contribution in [1.29, 1.82) is 0 Å². The van der Waals surface area contributed by atoms with E-state index in [0.717, 1.165) is 5.56 Å². The first-order valence-corrected chi connectivity index (χ1v) is 7.98. The molecule has 0 amide bonds. The van der Waals surface area contributed by atoms with Gasteiger partial charge in [-0.2, -0.15) is 5.10 Å². The first-order chi connectivity index (χ1) is 9.85. The van der Waals surface area contributed by atoms with Crippen molar-refractivity contribution in [3.05, 3.63) is 41.7 Å². The Morgan fingerprint density at radius 1 is 1.38 bits per heavy atom. The predicted molar refractivity (Wildman–Crippen MR) is 79.7 cm³/mol. The predicted octanol–water partition coefficient (Wildman–Crippen LogP) is 1.78. The molecule has 0 aliphatic carbocycles. The average Bonchev–Trinajstić information content (AvgIpc) is 2.79. The minimum atomic E-state index is -3.61. The van der Waals surface area contributed by atoms with Crippen LogP contribution in [0.1, 0.15) is 24.2 Å². The van der Waals surface area contributed by atoms with Crippen LogP contribution in [0.15, 0.2) is 35.4 Å². The summed E-state index contributed by atoms with van der Waals surface area (Å²) >= 11 is 0. The normalized spacial score (nSPS) is 13.1. The van der Waals surface area contributed by atoms with Crippen molar-refractivity contribution in [3.8, 4) is 5.75 Å². The van der Waals surface area contributed by atoms with Gasteiger partial charge in [0, 0.05) is 13.1 Å². The molecule has 7 heteroatoms. The fraction of sp³-hybridized carbons (Fsp3) is 0.357. The lowest BCUT2D eigenvalue weighted by atomic mass is 10.1. The van der Waals surface area contributed by atoms with Gasteiger partial charge in [0.25, 0.3) is 0 Å². The largest absolute Gasteiger partial charge is 0.497 e. The summed E-state index contributed by atoms with van der Waals surface area (Å²) in [4.78, 5) is 0.194. The Bertz CT molecular complexity index is 738. The standard InChI is InChI=1S/C14H19N3O3S/c1-10(12-6-5-7-13(8-12)20-4)16-21(18,19)14-9-15-17(3)11(14)2/h5-10,16H,1-4H3. The number of sulfonamides is 1. The topological polar surface area (TPSA) is 73.2 Å². The van der Waals surface area contributed by atoms with Crippen LogP contribution in [0.25, 0.3) is 0 Å². The van der Waals surface area contributed by atoms with Crippen molar-refractivity contribution in [2.45, 2.75) is 24.8 Å². The first-order valence-electron chi connectivity index (χ1n) is 6.50. The molecule has 1 N–H and O–H groups in total. The molecule has 1 heterocycles. The SMILES string of the molecule is COc1cccc(C(C)NS(=O)(=O)c2cnn(C)c2C)c1. The number of aromatic nitrogens is 2. The van der Waals surface area contributed by atoms with E-state index in [1.54, 1.807) is 28.0 Å². The number of nitrogens with one attached hydrogen (secondary N) is 1. The molecule has 0 spiro atoms. The van der Waals surface area contributed by atoms with Crippen LogP contribution < -0.4 is 9.46 Å². The fourth-order valence-electron chi connectivity index (χ4n) is 2.02. The summed E-state index contributed by atoms with van der Waals surface area (Å²) in [6.45, 7) is 3.51. The molecule has 114 valence electrons. The number of rotatable bonds is 5. The summed E-state index contributed by atoms with van der Waals surface area (Å²) in [5.74, 6) is 0.691. The molecule has 1 unspecified atom stereocenters. The summed E-state index contributed by atoms with van der Waals surface area (Å²) in [6, 6.07) is 6.93. The van der Waals surface area contributed by atoms with E-state index in [0.29, 0.717) is 11.4 Å². The molecule has 0 aliphatic heterocycles. The quantitative estimate of drug-likeness (QED) is 0.913. The van der Waals surface area contributed by atoms with E-state index in [1.807, 2.05) is 24.3 Å². The number of aryl methyl sites for hydroxylation is 1. The second kappa shape index (κ2) is 5.87. The Morgan fingerprint density at radius 3 is 2.67 bits per heavy atom. The number of methoxy groups -OCH3 is 1. The average molecular weight is 309 g/mol. The third-order valence-corrected chi connectivity index (χ3v) is 5.05. The van der Waals surface area contributed by atoms with Crippen LogP contribution in [-0.2, 0) is 17.1 Å². The molecule has 0 bridgehead atoms. The second-order valence-corrected chi connectivity index (χ2v) is 6.52. The third-order valence-electron chi connectivity index (χ3n) is 3.41. The van der Waals surface area contributed by atoms with Gasteiger partial charge < -0.3 is 4.74 Å². The van der Waals surface area contributed by atoms with E-state index in [1.165, 1.54) is 10.9 Å². The van der Waals surface area contributed by atoms with Gasteiger partial charge in [-0.25, -0.2) is 13.1 Å². The summed E-state index contributed by atoms with van der Waals surface area (Å²) < 4.78 is 34.2. The third kappa shape index (κ3) is 3.25. The van der Waals surface area contributed by atoms with Gasteiger partial charge in [-0.15, -0.1) is 0 Å². The van der Waals surface area contributed by atoms with Gasteiger partial charge in [0.2, 0.25) is 10.0 Å². The fourth-order valence-corrected chi connectivity index (χ4v) is 3.45. The molecule has 6 nitrogen and oxygen atoms in total. The van der Waals surface area contributed by atoms with Crippen LogP contribution >= 0.6 is 0 Å². The smallest absolute Gasteiger partial charge is 0.244 e. The summed E-state index contributed by atoms with van der Waals surface area (Å²) in [7, 11) is -0.327. The van der Waals surface area contributed by atoms with Gasteiger partial charge in [-0.1, -0.05) is 12.1 Å². The molecular weight excluding hydrogens is 290 g/mol. The number of benzene rings is 1. The summed E-state index contributed by atoms with van der Waals surface area (Å²) in [5.41, 5.74) is 1.43. The Balaban J connectivity index is 2.25. The highest BCUT2D eigenvalue weighted by molar-refractivity contribution is 7.89. The molecule has 1 aromatic heterocycles. The van der Waals surface area contributed by atoms with Gasteiger partial charge in [0.1, 0.15) is 10.6 Å². The monoisotopic (exact) mass is 309 g/mol. The summed E-state index contributed by atoms with van der Waals surface area (Å²) in [5, 5.41) is 3.97. The lowest BCUT2D eigenvalue weighted by Crippen LogP contribution is -2.27. The first kappa shape index (κ1) is 15.5. The van der Waals surface area contributed by atoms with E-state index in [-0.39, 0.29) is 10.9 Å². The maximum absolute atomic E-state index is 12.4. The molecule has 0 aliphatic rings. The Kier molecular flexibility index (Phi) is 4.34. The van der Waals surface area contributed by atoms with Crippen molar-refractivity contribution in [1.82, 2.24) is 14.5 Å². The minimum Gasteiger partial charge on any atom is -0.497 e. The van der Waals surface area contributed by atoms with Crippen molar-refractivity contribution >= 4 is 10.0 Å². The van der Waals surface area contributed by atoms with Crippen molar-refractivity contribution in [2.75, 3.05) is 7.11 Å². The second-order valence-electron chi connectivity index (χ2n) is 4.84. The summed E-state index contributed by atoms with van der Waals surface area (Å²) in [6.07, 6.45) is 1.36. The highest BCUT2D eigenvalue weighted by atomic mass is 32.2. The molecule has 2 aromatic rings. The lowest BCUT2D eigenvalue weighted by molar-refractivity contribution is 0.413. The van der Waals surface area contributed by atoms with E-state index in [2.05, 4.69) is 9.82 Å². The number of hydrogen-bond donors (Lipinski definition) is 1. The Morgan fingerprint density at radius 2 is 2.10 bits per heavy atom. The maximum Gasteiger partial charge on any atom is 0.244 e. The Labute approximate surface area is 124 Å². The van der Waals surface area contributed by atoms with Gasteiger partial charge in [-0.05, 0) is 31.5 Å². The van der Waals surface area contributed by atoms with Crippen LogP contribution in [0, 0.1) is 6.92 Å². The van der Waals surface area contributed by atoms with Gasteiger partial charge in [0.05, 0.1) is 19.0 Å². The molecule has 1 atom stereocenters. The molecular formula is C14H19N3O3S. The number of nitrogens with zero attached hydrogens (tertiary/aromatic N) is 2. The van der Waals surface area contributed by atoms with E-state index in [4.69, 9.17) is 4.74 Å². The zero-order chi connectivity index (χ0) is 15.6. The van der Waals surface area contributed by atoms with Crippen LogP contribution in [0.2, 0.25) is 0 Å². The van der Waals surface area contributed by atoms with Crippen LogP contribution in [0.5, 0.6) is 5.75 Å². The van der Waals surface area contributed by atoms with E-state index < -0.39 is 10.0 Å². The van der Waals surface area contributed by atoms with Crippen LogP contribution in [-0.4, -0.2) is 25.3 Å². The van der Waals surface area contributed by atoms with Crippen molar-refractivity contribution in [3.63, 3.8) is 0 Å². The number of ether oxygens (including phenoxy) is 1. The van der Waals surface area contributed by atoms with Crippen molar-refractivity contribution < 1.29 is 13.2 Å². The lowest BCUT2D eigenvalue weighted by Gasteiger charge is -2.15. The molecule has 0 fully saturated rings. The van der Waals surface area contributed by atoms with Crippen molar-refractivity contribution in [2.24, 2.45) is 7.05 Å². The van der Waals surface area contributed by atoms with Gasteiger partial charge in [0.15, 0.2) is 0 Å². The van der Waals surface area contributed by atoms with E-state index in [9.17, 15) is 8.42 Å². The molecule has 1 aromatic carbocycles.